The normalized spacial score (nSPS) is 22.3. The van der Waals surface area contributed by atoms with E-state index in [2.05, 4.69) is 50.5 Å². The first-order valence-corrected chi connectivity index (χ1v) is 7.51. The highest BCUT2D eigenvalue weighted by Crippen LogP contribution is 2.22. The second-order valence-electron chi connectivity index (χ2n) is 6.88. The third kappa shape index (κ3) is 5.01. The molecule has 2 N–H and O–H groups in total. The summed E-state index contributed by atoms with van der Waals surface area (Å²) < 4.78 is 0. The van der Waals surface area contributed by atoms with Crippen molar-refractivity contribution in [1.82, 2.24) is 10.6 Å². The molecule has 1 saturated heterocycles. The number of benzene rings is 1. The Hall–Kier alpha value is -1.06. The standard InChI is InChI=1S/C17H26N2O.ClH/c1-12-11-15(9-10-18-12)19-16(20)13-5-7-14(8-6-13)17(2,3)4;/h5-8,12,15,18H,9-11H2,1-4H3,(H,19,20);1H. The van der Waals surface area contributed by atoms with Gasteiger partial charge in [-0.2, -0.15) is 0 Å². The van der Waals surface area contributed by atoms with Crippen LogP contribution in [0.2, 0.25) is 0 Å². The van der Waals surface area contributed by atoms with E-state index in [1.54, 1.807) is 0 Å². The van der Waals surface area contributed by atoms with Crippen molar-refractivity contribution >= 4 is 18.3 Å². The summed E-state index contributed by atoms with van der Waals surface area (Å²) in [5, 5.41) is 6.54. The van der Waals surface area contributed by atoms with E-state index in [0.29, 0.717) is 12.1 Å². The molecule has 0 bridgehead atoms. The molecule has 118 valence electrons. The summed E-state index contributed by atoms with van der Waals surface area (Å²) in [6.07, 6.45) is 2.02. The molecule has 2 atom stereocenters. The summed E-state index contributed by atoms with van der Waals surface area (Å²) in [4.78, 5) is 12.2. The van der Waals surface area contributed by atoms with Gasteiger partial charge in [0.25, 0.3) is 5.91 Å². The van der Waals surface area contributed by atoms with Crippen LogP contribution in [-0.2, 0) is 5.41 Å². The lowest BCUT2D eigenvalue weighted by Gasteiger charge is -2.28. The molecular weight excluding hydrogens is 284 g/mol. The van der Waals surface area contributed by atoms with Gasteiger partial charge in [0.15, 0.2) is 0 Å². The van der Waals surface area contributed by atoms with Gasteiger partial charge >= 0.3 is 0 Å². The van der Waals surface area contributed by atoms with Gasteiger partial charge in [-0.3, -0.25) is 4.79 Å². The highest BCUT2D eigenvalue weighted by Gasteiger charge is 2.20. The molecule has 0 aromatic heterocycles. The minimum absolute atomic E-state index is 0. The van der Waals surface area contributed by atoms with E-state index in [1.807, 2.05) is 12.1 Å². The molecule has 1 aromatic carbocycles. The molecule has 1 amide bonds. The van der Waals surface area contributed by atoms with Crippen LogP contribution in [0.15, 0.2) is 24.3 Å². The predicted molar refractivity (Wildman–Crippen MR) is 90.3 cm³/mol. The number of piperidine rings is 1. The average molecular weight is 311 g/mol. The van der Waals surface area contributed by atoms with Crippen molar-refractivity contribution in [3.05, 3.63) is 35.4 Å². The van der Waals surface area contributed by atoms with E-state index in [4.69, 9.17) is 0 Å². The SMILES string of the molecule is CC1CC(NC(=O)c2ccc(C(C)(C)C)cc2)CCN1.Cl. The lowest BCUT2D eigenvalue weighted by Crippen LogP contribution is -2.46. The smallest absolute Gasteiger partial charge is 0.251 e. The third-order valence-corrected chi connectivity index (χ3v) is 3.97. The van der Waals surface area contributed by atoms with Gasteiger partial charge < -0.3 is 10.6 Å². The van der Waals surface area contributed by atoms with E-state index >= 15 is 0 Å². The molecule has 1 fully saturated rings. The van der Waals surface area contributed by atoms with Crippen molar-refractivity contribution < 1.29 is 4.79 Å². The summed E-state index contributed by atoms with van der Waals surface area (Å²) in [5.74, 6) is 0.0459. The number of amides is 1. The Labute approximate surface area is 134 Å². The first kappa shape index (κ1) is 18.0. The van der Waals surface area contributed by atoms with Crippen LogP contribution in [0.5, 0.6) is 0 Å². The maximum Gasteiger partial charge on any atom is 0.251 e. The molecule has 21 heavy (non-hydrogen) atoms. The van der Waals surface area contributed by atoms with Crippen LogP contribution in [0, 0.1) is 0 Å². The van der Waals surface area contributed by atoms with Crippen molar-refractivity contribution in [2.75, 3.05) is 6.54 Å². The van der Waals surface area contributed by atoms with Crippen LogP contribution in [0.4, 0.5) is 0 Å². The van der Waals surface area contributed by atoms with Crippen LogP contribution < -0.4 is 10.6 Å². The van der Waals surface area contributed by atoms with E-state index in [1.165, 1.54) is 5.56 Å². The lowest BCUT2D eigenvalue weighted by atomic mass is 9.86. The summed E-state index contributed by atoms with van der Waals surface area (Å²) in [5.41, 5.74) is 2.13. The molecule has 4 heteroatoms. The maximum absolute atomic E-state index is 12.2. The fraction of sp³-hybridized carbons (Fsp3) is 0.588. The molecule has 0 saturated carbocycles. The molecule has 1 aliphatic rings. The van der Waals surface area contributed by atoms with Gasteiger partial charge in [-0.15, -0.1) is 12.4 Å². The number of rotatable bonds is 2. The van der Waals surface area contributed by atoms with Crippen molar-refractivity contribution in [2.45, 2.75) is 58.0 Å². The molecule has 0 radical (unpaired) electrons. The molecule has 1 aromatic rings. The predicted octanol–water partition coefficient (Wildman–Crippen LogP) is 3.28. The summed E-state index contributed by atoms with van der Waals surface area (Å²) in [7, 11) is 0. The number of carbonyl (C=O) groups excluding carboxylic acids is 1. The van der Waals surface area contributed by atoms with Crippen LogP contribution in [0.25, 0.3) is 0 Å². The molecule has 0 spiro atoms. The van der Waals surface area contributed by atoms with Gasteiger partial charge in [0.1, 0.15) is 0 Å². The molecule has 2 unspecified atom stereocenters. The van der Waals surface area contributed by atoms with Gasteiger partial charge in [-0.25, -0.2) is 0 Å². The van der Waals surface area contributed by atoms with Crippen LogP contribution in [0.1, 0.15) is 56.5 Å². The summed E-state index contributed by atoms with van der Waals surface area (Å²) in [6, 6.07) is 8.75. The quantitative estimate of drug-likeness (QED) is 0.880. The largest absolute Gasteiger partial charge is 0.349 e. The van der Waals surface area contributed by atoms with Gasteiger partial charge in [0.05, 0.1) is 0 Å². The van der Waals surface area contributed by atoms with E-state index < -0.39 is 0 Å². The first-order valence-electron chi connectivity index (χ1n) is 7.51. The number of nitrogens with one attached hydrogen (secondary N) is 2. The number of hydrogen-bond donors (Lipinski definition) is 2. The monoisotopic (exact) mass is 310 g/mol. The minimum Gasteiger partial charge on any atom is -0.349 e. The van der Waals surface area contributed by atoms with Crippen molar-refractivity contribution in [2.24, 2.45) is 0 Å². The first-order chi connectivity index (χ1) is 9.36. The van der Waals surface area contributed by atoms with Crippen molar-refractivity contribution in [3.63, 3.8) is 0 Å². The summed E-state index contributed by atoms with van der Waals surface area (Å²) >= 11 is 0. The minimum atomic E-state index is 0. The third-order valence-electron chi connectivity index (χ3n) is 3.97. The zero-order valence-corrected chi connectivity index (χ0v) is 14.2. The highest BCUT2D eigenvalue weighted by molar-refractivity contribution is 5.94. The maximum atomic E-state index is 12.2. The van der Waals surface area contributed by atoms with Crippen LogP contribution in [-0.4, -0.2) is 24.5 Å². The van der Waals surface area contributed by atoms with Crippen LogP contribution in [0.3, 0.4) is 0 Å². The fourth-order valence-electron chi connectivity index (χ4n) is 2.65. The molecule has 3 nitrogen and oxygen atoms in total. The Morgan fingerprint density at radius 1 is 1.24 bits per heavy atom. The van der Waals surface area contributed by atoms with Crippen molar-refractivity contribution in [1.29, 1.82) is 0 Å². The molecule has 1 aliphatic heterocycles. The topological polar surface area (TPSA) is 41.1 Å². The number of hydrogen-bond acceptors (Lipinski definition) is 2. The Balaban J connectivity index is 0.00000220. The lowest BCUT2D eigenvalue weighted by molar-refractivity contribution is 0.0925. The molecule has 1 heterocycles. The van der Waals surface area contributed by atoms with Gasteiger partial charge in [0.2, 0.25) is 0 Å². The second-order valence-corrected chi connectivity index (χ2v) is 6.88. The van der Waals surface area contributed by atoms with Gasteiger partial charge in [0, 0.05) is 17.6 Å². The fourth-order valence-corrected chi connectivity index (χ4v) is 2.65. The van der Waals surface area contributed by atoms with E-state index in [0.717, 1.165) is 24.9 Å². The van der Waals surface area contributed by atoms with Gasteiger partial charge in [-0.05, 0) is 49.4 Å². The van der Waals surface area contributed by atoms with Crippen LogP contribution >= 0.6 is 12.4 Å². The Bertz CT molecular complexity index is 465. The number of carbonyl (C=O) groups is 1. The van der Waals surface area contributed by atoms with Crippen molar-refractivity contribution in [3.8, 4) is 0 Å². The van der Waals surface area contributed by atoms with E-state index in [9.17, 15) is 4.79 Å². The van der Waals surface area contributed by atoms with Gasteiger partial charge in [-0.1, -0.05) is 32.9 Å². The molecule has 2 rings (SSSR count). The number of halogens is 1. The Morgan fingerprint density at radius 2 is 1.86 bits per heavy atom. The highest BCUT2D eigenvalue weighted by atomic mass is 35.5. The van der Waals surface area contributed by atoms with E-state index in [-0.39, 0.29) is 23.7 Å². The zero-order chi connectivity index (χ0) is 14.8. The molecular formula is C17H27ClN2O. The Morgan fingerprint density at radius 3 is 2.38 bits per heavy atom. The second kappa shape index (κ2) is 7.28. The Kier molecular flexibility index (Phi) is 6.24. The molecule has 0 aliphatic carbocycles. The summed E-state index contributed by atoms with van der Waals surface area (Å²) in [6.45, 7) is 9.68. The average Bonchev–Trinajstić information content (AvgIpc) is 2.38. The zero-order valence-electron chi connectivity index (χ0n) is 13.4.